The van der Waals surface area contributed by atoms with Crippen LogP contribution in [0.1, 0.15) is 29.2 Å². The predicted octanol–water partition coefficient (Wildman–Crippen LogP) is 4.39. The second kappa shape index (κ2) is 11.5. The molecule has 0 aliphatic carbocycles. The Bertz CT molecular complexity index is 1170. The number of hydrogen-bond acceptors (Lipinski definition) is 6. The monoisotopic (exact) mass is 538 g/mol. The minimum atomic E-state index is -1.31. The van der Waals surface area contributed by atoms with Crippen molar-refractivity contribution < 1.29 is 24.2 Å². The van der Waals surface area contributed by atoms with E-state index in [9.17, 15) is 4.79 Å². The summed E-state index contributed by atoms with van der Waals surface area (Å²) in [5.41, 5.74) is 3.65. The van der Waals surface area contributed by atoms with Crippen molar-refractivity contribution in [2.75, 3.05) is 20.3 Å². The Kier molecular flexibility index (Phi) is 8.17. The lowest BCUT2D eigenvalue weighted by molar-refractivity contribution is -0.139. The largest absolute Gasteiger partial charge is 0.494 e. The van der Waals surface area contributed by atoms with E-state index in [2.05, 4.69) is 21.4 Å². The summed E-state index contributed by atoms with van der Waals surface area (Å²) in [4.78, 5) is 23.5. The van der Waals surface area contributed by atoms with Crippen LogP contribution in [0.3, 0.4) is 0 Å². The van der Waals surface area contributed by atoms with Crippen LogP contribution in [-0.4, -0.2) is 42.8 Å². The number of halogens is 1. The highest BCUT2D eigenvalue weighted by Crippen LogP contribution is 2.44. The number of ether oxygens (including phenoxy) is 2. The molecule has 2 N–H and O–H groups in total. The molecule has 0 fully saturated rings. The number of hydrogen-bond donors (Lipinski definition) is 2. The van der Waals surface area contributed by atoms with Gasteiger partial charge < -0.3 is 14.6 Å². The topological polar surface area (TPSA) is 89.4 Å². The number of rotatable bonds is 10. The van der Waals surface area contributed by atoms with E-state index in [0.29, 0.717) is 31.1 Å². The minimum Gasteiger partial charge on any atom is -0.494 e. The van der Waals surface area contributed by atoms with E-state index < -0.39 is 17.6 Å². The van der Waals surface area contributed by atoms with Gasteiger partial charge in [0, 0.05) is 35.0 Å². The summed E-state index contributed by atoms with van der Waals surface area (Å²) in [5, 5.41) is 8.95. The Hall–Kier alpha value is -3.20. The average Bonchev–Trinajstić information content (AvgIpc) is 3.26. The fourth-order valence-corrected chi connectivity index (χ4v) is 4.53. The molecule has 3 aromatic carbocycles. The van der Waals surface area contributed by atoms with Crippen LogP contribution in [0.25, 0.3) is 0 Å². The van der Waals surface area contributed by atoms with Crippen LogP contribution in [0.15, 0.2) is 88.3 Å². The number of carbonyl (C=O) groups excluding carboxylic acids is 1. The van der Waals surface area contributed by atoms with Crippen molar-refractivity contribution in [2.24, 2.45) is 4.99 Å². The molecule has 8 heteroatoms. The van der Waals surface area contributed by atoms with Gasteiger partial charge in [0.25, 0.3) is 5.91 Å². The Morgan fingerprint density at radius 3 is 2.49 bits per heavy atom. The van der Waals surface area contributed by atoms with Crippen LogP contribution < -0.4 is 10.2 Å². The Balaban J connectivity index is 1.76. The molecule has 35 heavy (non-hydrogen) atoms. The maximum absolute atomic E-state index is 13.6. The van der Waals surface area contributed by atoms with Gasteiger partial charge in [-0.15, -0.1) is 0 Å². The molecule has 0 aromatic heterocycles. The summed E-state index contributed by atoms with van der Waals surface area (Å²) in [7, 11) is 1.40. The molecule has 1 aliphatic heterocycles. The van der Waals surface area contributed by atoms with Gasteiger partial charge in [-0.25, -0.2) is 10.5 Å². The van der Waals surface area contributed by atoms with E-state index >= 15 is 0 Å². The molecule has 2 atom stereocenters. The van der Waals surface area contributed by atoms with Crippen LogP contribution >= 0.6 is 15.9 Å². The lowest BCUT2D eigenvalue weighted by atomic mass is 9.82. The first-order valence-electron chi connectivity index (χ1n) is 11.3. The summed E-state index contributed by atoms with van der Waals surface area (Å²) >= 11 is 3.62. The quantitative estimate of drug-likeness (QED) is 0.295. The van der Waals surface area contributed by atoms with Crippen molar-refractivity contribution in [3.8, 4) is 5.75 Å². The fraction of sp³-hybridized carbons (Fsp3) is 0.259. The third kappa shape index (κ3) is 5.56. The number of aliphatic hydroxyl groups is 1. The van der Waals surface area contributed by atoms with E-state index in [-0.39, 0.29) is 6.61 Å². The van der Waals surface area contributed by atoms with Gasteiger partial charge >= 0.3 is 0 Å². The summed E-state index contributed by atoms with van der Waals surface area (Å²) in [6, 6.07) is 24.7. The Labute approximate surface area is 212 Å². The SMILES string of the molecule is CONC(=O)[C@@]1(Cc2ccccc2)N=C(c2ccc(OCCCO)cc2)O[C@H]1c1ccccc1Br. The van der Waals surface area contributed by atoms with E-state index in [1.165, 1.54) is 7.11 Å². The van der Waals surface area contributed by atoms with Gasteiger partial charge in [-0.1, -0.05) is 64.5 Å². The Morgan fingerprint density at radius 1 is 1.09 bits per heavy atom. The van der Waals surface area contributed by atoms with E-state index in [0.717, 1.165) is 21.2 Å². The van der Waals surface area contributed by atoms with Gasteiger partial charge in [-0.2, -0.15) is 0 Å². The molecule has 0 saturated carbocycles. The smallest absolute Gasteiger partial charge is 0.276 e. The van der Waals surface area contributed by atoms with Gasteiger partial charge in [0.15, 0.2) is 11.6 Å². The first-order chi connectivity index (χ1) is 17.1. The molecule has 1 heterocycles. The van der Waals surface area contributed by atoms with Crippen LogP contribution in [0.2, 0.25) is 0 Å². The zero-order valence-corrected chi connectivity index (χ0v) is 20.9. The number of aliphatic imine (C=N–C) groups is 1. The van der Waals surface area contributed by atoms with Crippen LogP contribution in [0, 0.1) is 0 Å². The summed E-state index contributed by atoms with van der Waals surface area (Å²) in [6.07, 6.45) is 0.159. The average molecular weight is 539 g/mol. The highest BCUT2D eigenvalue weighted by molar-refractivity contribution is 9.10. The van der Waals surface area contributed by atoms with Gasteiger partial charge in [0.1, 0.15) is 5.75 Å². The van der Waals surface area contributed by atoms with E-state index in [4.69, 9.17) is 24.4 Å². The van der Waals surface area contributed by atoms with Gasteiger partial charge in [0.2, 0.25) is 5.90 Å². The minimum absolute atomic E-state index is 0.0756. The number of hydroxylamine groups is 1. The molecule has 3 aromatic rings. The van der Waals surface area contributed by atoms with Crippen LogP contribution in [-0.2, 0) is 20.8 Å². The first kappa shape index (κ1) is 24.9. The molecule has 1 amide bonds. The molecular formula is C27H27BrN2O5. The highest BCUT2D eigenvalue weighted by atomic mass is 79.9. The van der Waals surface area contributed by atoms with E-state index in [1.54, 1.807) is 0 Å². The molecule has 4 rings (SSSR count). The number of benzene rings is 3. The third-order valence-electron chi connectivity index (χ3n) is 5.73. The molecule has 1 aliphatic rings. The summed E-state index contributed by atoms with van der Waals surface area (Å²) in [6.45, 7) is 0.501. The van der Waals surface area contributed by atoms with Gasteiger partial charge in [-0.05, 0) is 35.9 Å². The highest BCUT2D eigenvalue weighted by Gasteiger charge is 2.54. The molecule has 7 nitrogen and oxygen atoms in total. The second-order valence-electron chi connectivity index (χ2n) is 8.11. The lowest BCUT2D eigenvalue weighted by Gasteiger charge is -2.30. The zero-order valence-electron chi connectivity index (χ0n) is 19.3. The van der Waals surface area contributed by atoms with Crippen molar-refractivity contribution in [1.82, 2.24) is 5.48 Å². The molecule has 0 spiro atoms. The second-order valence-corrected chi connectivity index (χ2v) is 8.96. The summed E-state index contributed by atoms with van der Waals surface area (Å²) < 4.78 is 12.9. The number of amides is 1. The van der Waals surface area contributed by atoms with Crippen molar-refractivity contribution in [3.05, 3.63) is 100 Å². The molecule has 0 bridgehead atoms. The molecule has 0 unspecified atom stereocenters. The van der Waals surface area contributed by atoms with Crippen molar-refractivity contribution in [2.45, 2.75) is 24.5 Å². The number of nitrogens with one attached hydrogen (secondary N) is 1. The van der Waals surface area contributed by atoms with Crippen LogP contribution in [0.5, 0.6) is 5.75 Å². The van der Waals surface area contributed by atoms with Crippen molar-refractivity contribution >= 4 is 27.7 Å². The van der Waals surface area contributed by atoms with E-state index in [1.807, 2.05) is 78.9 Å². The predicted molar refractivity (Wildman–Crippen MR) is 136 cm³/mol. The number of nitrogens with zero attached hydrogens (tertiary/aromatic N) is 1. The number of carbonyl (C=O) groups is 1. The van der Waals surface area contributed by atoms with Gasteiger partial charge in [-0.3, -0.25) is 9.63 Å². The normalized spacial score (nSPS) is 19.1. The molecular weight excluding hydrogens is 512 g/mol. The summed E-state index contributed by atoms with van der Waals surface area (Å²) in [5.74, 6) is 0.634. The molecule has 0 saturated heterocycles. The maximum Gasteiger partial charge on any atom is 0.276 e. The van der Waals surface area contributed by atoms with Crippen molar-refractivity contribution in [1.29, 1.82) is 0 Å². The third-order valence-corrected chi connectivity index (χ3v) is 6.45. The maximum atomic E-state index is 13.6. The lowest BCUT2D eigenvalue weighted by Crippen LogP contribution is -2.49. The van der Waals surface area contributed by atoms with Gasteiger partial charge in [0.05, 0.1) is 13.7 Å². The van der Waals surface area contributed by atoms with Crippen LogP contribution in [0.4, 0.5) is 0 Å². The molecule has 0 radical (unpaired) electrons. The first-order valence-corrected chi connectivity index (χ1v) is 12.1. The zero-order chi connectivity index (χ0) is 24.7. The standard InChI is InChI=1S/C27H27BrN2O5/c1-33-30-26(32)27(18-19-8-3-2-4-9-19)24(22-10-5-6-11-23(22)28)35-25(29-27)20-12-14-21(15-13-20)34-17-7-16-31/h2-6,8-15,24,31H,7,16-18H2,1H3,(H,30,32)/t24-,27-/m0/s1. The fourth-order valence-electron chi connectivity index (χ4n) is 4.04. The Morgan fingerprint density at radius 2 is 1.80 bits per heavy atom. The number of aliphatic hydroxyl groups excluding tert-OH is 1. The molecule has 182 valence electrons. The van der Waals surface area contributed by atoms with Crippen molar-refractivity contribution in [3.63, 3.8) is 0 Å².